The van der Waals surface area contributed by atoms with Crippen molar-refractivity contribution in [2.75, 3.05) is 79.8 Å². The van der Waals surface area contributed by atoms with Crippen molar-refractivity contribution in [1.82, 2.24) is 0 Å². The number of esters is 1. The van der Waals surface area contributed by atoms with Crippen LogP contribution in [-0.4, -0.2) is 116 Å². The van der Waals surface area contributed by atoms with Gasteiger partial charge in [0.15, 0.2) is 6.29 Å². The molecule has 0 aromatic heterocycles. The molecule has 41 heavy (non-hydrogen) atoms. The standard InChI is InChI=1S/C33H70N2O6/c1-13-31(5,6)25-33(9,10)27-41-29(39)15-17-34(11,18-19-35(12,20-22-36)21-23-37)16-14-28(38)40-26-32(7,8)24-30(2,3)4/h28,36-38H,13-27H2,1-12H3/q+2. The second kappa shape index (κ2) is 16.9. The van der Waals surface area contributed by atoms with Crippen LogP contribution >= 0.6 is 0 Å². The molecule has 246 valence electrons. The van der Waals surface area contributed by atoms with Crippen LogP contribution in [0, 0.1) is 21.7 Å². The predicted molar refractivity (Wildman–Crippen MR) is 168 cm³/mol. The third-order valence-corrected chi connectivity index (χ3v) is 8.44. The lowest BCUT2D eigenvalue weighted by Crippen LogP contribution is -2.57. The number of carbonyl (C=O) groups is 1. The lowest BCUT2D eigenvalue weighted by molar-refractivity contribution is -0.964. The van der Waals surface area contributed by atoms with Gasteiger partial charge >= 0.3 is 5.97 Å². The normalized spacial score (nSPS) is 16.0. The molecule has 8 nitrogen and oxygen atoms in total. The Balaban J connectivity index is 5.32. The average Bonchev–Trinajstić information content (AvgIpc) is 2.81. The second-order valence-corrected chi connectivity index (χ2v) is 16.8. The van der Waals surface area contributed by atoms with E-state index in [2.05, 4.69) is 76.3 Å². The van der Waals surface area contributed by atoms with E-state index in [9.17, 15) is 20.1 Å². The summed E-state index contributed by atoms with van der Waals surface area (Å²) in [5, 5.41) is 29.9. The number of rotatable bonds is 22. The molecule has 8 heteroatoms. The number of hydrogen-bond donors (Lipinski definition) is 3. The maximum atomic E-state index is 12.9. The Labute approximate surface area is 253 Å². The van der Waals surface area contributed by atoms with Crippen LogP contribution in [0.15, 0.2) is 0 Å². The fraction of sp³-hybridized carbons (Fsp3) is 0.970. The van der Waals surface area contributed by atoms with Gasteiger partial charge in [-0.25, -0.2) is 0 Å². The fourth-order valence-corrected chi connectivity index (χ4v) is 6.13. The summed E-state index contributed by atoms with van der Waals surface area (Å²) < 4.78 is 12.8. The zero-order chi connectivity index (χ0) is 32.2. The number of nitrogens with zero attached hydrogens (tertiary/aromatic N) is 2. The molecule has 0 aliphatic heterocycles. The van der Waals surface area contributed by atoms with Crippen LogP contribution in [0.5, 0.6) is 0 Å². The van der Waals surface area contributed by atoms with Crippen molar-refractivity contribution >= 4 is 5.97 Å². The van der Waals surface area contributed by atoms with Crippen molar-refractivity contribution in [3.8, 4) is 0 Å². The van der Waals surface area contributed by atoms with Crippen molar-refractivity contribution in [1.29, 1.82) is 0 Å². The second-order valence-electron chi connectivity index (χ2n) is 16.8. The minimum Gasteiger partial charge on any atom is -0.465 e. The number of likely N-dealkylation sites (N-methyl/N-ethyl adjacent to an activating group) is 2. The van der Waals surface area contributed by atoms with Gasteiger partial charge in [0.25, 0.3) is 0 Å². The van der Waals surface area contributed by atoms with Crippen LogP contribution in [-0.2, 0) is 14.3 Å². The van der Waals surface area contributed by atoms with E-state index in [0.29, 0.717) is 61.2 Å². The van der Waals surface area contributed by atoms with Crippen LogP contribution in [0.25, 0.3) is 0 Å². The van der Waals surface area contributed by atoms with Gasteiger partial charge in [-0.1, -0.05) is 75.7 Å². The van der Waals surface area contributed by atoms with Crippen LogP contribution < -0.4 is 0 Å². The monoisotopic (exact) mass is 591 g/mol. The third-order valence-electron chi connectivity index (χ3n) is 8.44. The Hall–Kier alpha value is -0.770. The highest BCUT2D eigenvalue weighted by Crippen LogP contribution is 2.36. The molecule has 2 unspecified atom stereocenters. The summed E-state index contributed by atoms with van der Waals surface area (Å²) in [6.45, 7) is 26.8. The number of hydrogen-bond acceptors (Lipinski definition) is 6. The fourth-order valence-electron chi connectivity index (χ4n) is 6.13. The Morgan fingerprint density at radius 2 is 1.20 bits per heavy atom. The van der Waals surface area contributed by atoms with E-state index in [4.69, 9.17) is 9.47 Å². The topological polar surface area (TPSA) is 96.2 Å². The van der Waals surface area contributed by atoms with E-state index < -0.39 is 6.29 Å². The number of aliphatic hydroxyl groups is 3. The van der Waals surface area contributed by atoms with Gasteiger partial charge < -0.3 is 33.8 Å². The van der Waals surface area contributed by atoms with Crippen molar-refractivity contribution < 1.29 is 38.6 Å². The molecular formula is C33H70N2O6+2. The maximum absolute atomic E-state index is 12.9. The zero-order valence-corrected chi connectivity index (χ0v) is 29.1. The first kappa shape index (κ1) is 40.2. The van der Waals surface area contributed by atoms with Crippen molar-refractivity contribution in [2.24, 2.45) is 21.7 Å². The van der Waals surface area contributed by atoms with Crippen LogP contribution in [0.1, 0.15) is 101 Å². The Bertz CT molecular complexity index is 740. The molecule has 0 saturated heterocycles. The summed E-state index contributed by atoms with van der Waals surface area (Å²) in [5.41, 5.74) is 0.236. The van der Waals surface area contributed by atoms with Gasteiger partial charge in [-0.05, 0) is 34.5 Å². The first-order valence-corrected chi connectivity index (χ1v) is 15.8. The Morgan fingerprint density at radius 1 is 0.707 bits per heavy atom. The third kappa shape index (κ3) is 19.2. The molecule has 0 bridgehead atoms. The highest BCUT2D eigenvalue weighted by molar-refractivity contribution is 5.69. The first-order chi connectivity index (χ1) is 18.5. The van der Waals surface area contributed by atoms with E-state index in [1.165, 1.54) is 0 Å². The molecule has 0 amide bonds. The molecule has 0 rings (SSSR count). The van der Waals surface area contributed by atoms with E-state index >= 15 is 0 Å². The SMILES string of the molecule is CCC(C)(C)CC(C)(C)COC(=O)CC[N+](C)(CCC(O)OCC(C)(C)CC(C)(C)C)CC[N+](C)(CCO)CCO. The van der Waals surface area contributed by atoms with Crippen molar-refractivity contribution in [3.05, 3.63) is 0 Å². The number of quaternary nitrogens is 2. The summed E-state index contributed by atoms with van der Waals surface area (Å²) in [7, 11) is 4.15. The summed E-state index contributed by atoms with van der Waals surface area (Å²) >= 11 is 0. The van der Waals surface area contributed by atoms with Crippen LogP contribution in [0.4, 0.5) is 0 Å². The average molecular weight is 591 g/mol. The van der Waals surface area contributed by atoms with Gasteiger partial charge in [-0.15, -0.1) is 0 Å². The lowest BCUT2D eigenvalue weighted by atomic mass is 9.74. The van der Waals surface area contributed by atoms with Gasteiger partial charge in [0.2, 0.25) is 0 Å². The Morgan fingerprint density at radius 3 is 1.66 bits per heavy atom. The van der Waals surface area contributed by atoms with Gasteiger partial charge in [0, 0.05) is 6.42 Å². The molecule has 0 aromatic carbocycles. The van der Waals surface area contributed by atoms with E-state index in [1.54, 1.807) is 0 Å². The quantitative estimate of drug-likeness (QED) is 0.0949. The number of aliphatic hydroxyl groups excluding tert-OH is 3. The highest BCUT2D eigenvalue weighted by Gasteiger charge is 2.33. The largest absolute Gasteiger partial charge is 0.465 e. The lowest BCUT2D eigenvalue weighted by Gasteiger charge is -2.40. The first-order valence-electron chi connectivity index (χ1n) is 15.8. The van der Waals surface area contributed by atoms with Crippen molar-refractivity contribution in [2.45, 2.75) is 108 Å². The minimum absolute atomic E-state index is 0.0465. The molecule has 2 atom stereocenters. The van der Waals surface area contributed by atoms with Crippen LogP contribution in [0.2, 0.25) is 0 Å². The molecule has 0 aliphatic rings. The summed E-state index contributed by atoms with van der Waals surface area (Å²) in [4.78, 5) is 12.9. The summed E-state index contributed by atoms with van der Waals surface area (Å²) in [6, 6.07) is 0. The highest BCUT2D eigenvalue weighted by atomic mass is 16.6. The molecule has 0 heterocycles. The molecule has 0 aromatic rings. The van der Waals surface area contributed by atoms with Crippen LogP contribution in [0.3, 0.4) is 0 Å². The summed E-state index contributed by atoms with van der Waals surface area (Å²) in [6.07, 6.45) is 2.92. The maximum Gasteiger partial charge on any atom is 0.311 e. The van der Waals surface area contributed by atoms with Gasteiger partial charge in [0.1, 0.15) is 26.2 Å². The molecule has 3 N–H and O–H groups in total. The zero-order valence-electron chi connectivity index (χ0n) is 29.1. The molecule has 0 saturated carbocycles. The van der Waals surface area contributed by atoms with Gasteiger partial charge in [0.05, 0.1) is 60.0 Å². The Kier molecular flexibility index (Phi) is 16.6. The molecular weight excluding hydrogens is 520 g/mol. The minimum atomic E-state index is -0.878. The molecule has 0 fully saturated rings. The van der Waals surface area contributed by atoms with Gasteiger partial charge in [-0.3, -0.25) is 4.79 Å². The van der Waals surface area contributed by atoms with E-state index in [-0.39, 0.29) is 40.8 Å². The molecule has 0 aliphatic carbocycles. The predicted octanol–water partition coefficient (Wildman–Crippen LogP) is 4.84. The smallest absolute Gasteiger partial charge is 0.311 e. The van der Waals surface area contributed by atoms with E-state index in [0.717, 1.165) is 32.4 Å². The molecule has 0 spiro atoms. The van der Waals surface area contributed by atoms with Gasteiger partial charge in [-0.2, -0.15) is 0 Å². The molecule has 0 radical (unpaired) electrons. The number of ether oxygens (including phenoxy) is 2. The number of carbonyl (C=O) groups excluding carboxylic acids is 1. The summed E-state index contributed by atoms with van der Waals surface area (Å²) in [5.74, 6) is -0.194. The van der Waals surface area contributed by atoms with Crippen molar-refractivity contribution in [3.63, 3.8) is 0 Å². The van der Waals surface area contributed by atoms with E-state index in [1.807, 2.05) is 7.05 Å².